The molecule has 5 heteroatoms. The molecule has 0 amide bonds. The summed E-state index contributed by atoms with van der Waals surface area (Å²) in [6.45, 7) is 5.75. The minimum Gasteiger partial charge on any atom is -0.398 e. The standard InChI is InChI=1S/C16H20N2O2S/c1-11-5-7-15(13(3)9-11)18(4)21(19,20)16-8-6-12(2)10-14(16)17/h5-10H,17H2,1-4H3. The van der Waals surface area contributed by atoms with Gasteiger partial charge in [0.2, 0.25) is 0 Å². The lowest BCUT2D eigenvalue weighted by molar-refractivity contribution is 0.594. The largest absolute Gasteiger partial charge is 0.398 e. The average Bonchev–Trinajstić information content (AvgIpc) is 2.37. The SMILES string of the molecule is Cc1ccc(N(C)S(=O)(=O)c2ccc(C)cc2N)c(C)c1. The summed E-state index contributed by atoms with van der Waals surface area (Å²) >= 11 is 0. The summed E-state index contributed by atoms with van der Waals surface area (Å²) in [6.07, 6.45) is 0. The van der Waals surface area contributed by atoms with E-state index in [-0.39, 0.29) is 10.6 Å². The van der Waals surface area contributed by atoms with Crippen LogP contribution in [0.25, 0.3) is 0 Å². The summed E-state index contributed by atoms with van der Waals surface area (Å²) in [5.74, 6) is 0. The van der Waals surface area contributed by atoms with Gasteiger partial charge in [0.05, 0.1) is 11.4 Å². The van der Waals surface area contributed by atoms with Crippen LogP contribution in [0.2, 0.25) is 0 Å². The number of benzene rings is 2. The maximum Gasteiger partial charge on any atom is 0.266 e. The molecule has 0 saturated heterocycles. The quantitative estimate of drug-likeness (QED) is 0.887. The topological polar surface area (TPSA) is 63.4 Å². The molecule has 4 nitrogen and oxygen atoms in total. The number of aryl methyl sites for hydroxylation is 3. The van der Waals surface area contributed by atoms with Crippen molar-refractivity contribution in [3.05, 3.63) is 53.1 Å². The van der Waals surface area contributed by atoms with Crippen LogP contribution in [-0.2, 0) is 10.0 Å². The summed E-state index contributed by atoms with van der Waals surface area (Å²) < 4.78 is 26.8. The summed E-state index contributed by atoms with van der Waals surface area (Å²) in [5.41, 5.74) is 9.74. The fourth-order valence-corrected chi connectivity index (χ4v) is 3.69. The van der Waals surface area contributed by atoms with E-state index in [0.717, 1.165) is 16.7 Å². The first-order chi connectivity index (χ1) is 9.73. The Morgan fingerprint density at radius 1 is 0.952 bits per heavy atom. The van der Waals surface area contributed by atoms with Gasteiger partial charge in [0.15, 0.2) is 0 Å². The predicted octanol–water partition coefficient (Wildman–Crippen LogP) is 3.02. The molecule has 0 unspecified atom stereocenters. The highest BCUT2D eigenvalue weighted by Crippen LogP contribution is 2.28. The lowest BCUT2D eigenvalue weighted by Crippen LogP contribution is -2.28. The Bertz CT molecular complexity index is 783. The molecule has 0 radical (unpaired) electrons. The normalized spacial score (nSPS) is 11.4. The summed E-state index contributed by atoms with van der Waals surface area (Å²) in [4.78, 5) is 0.135. The van der Waals surface area contributed by atoms with Gasteiger partial charge >= 0.3 is 0 Å². The van der Waals surface area contributed by atoms with E-state index in [1.54, 1.807) is 25.2 Å². The van der Waals surface area contributed by atoms with Crippen LogP contribution in [0.15, 0.2) is 41.3 Å². The summed E-state index contributed by atoms with van der Waals surface area (Å²) in [5, 5.41) is 0. The van der Waals surface area contributed by atoms with Gasteiger partial charge in [0, 0.05) is 7.05 Å². The van der Waals surface area contributed by atoms with Gasteiger partial charge in [-0.05, 0) is 50.1 Å². The fraction of sp³-hybridized carbons (Fsp3) is 0.250. The predicted molar refractivity (Wildman–Crippen MR) is 87.1 cm³/mol. The monoisotopic (exact) mass is 304 g/mol. The van der Waals surface area contributed by atoms with Gasteiger partial charge < -0.3 is 5.73 Å². The van der Waals surface area contributed by atoms with Crippen LogP contribution in [0, 0.1) is 20.8 Å². The van der Waals surface area contributed by atoms with Crippen molar-refractivity contribution in [1.29, 1.82) is 0 Å². The molecule has 2 N–H and O–H groups in total. The van der Waals surface area contributed by atoms with Crippen LogP contribution in [0.5, 0.6) is 0 Å². The third kappa shape index (κ3) is 2.88. The fourth-order valence-electron chi connectivity index (χ4n) is 2.34. The molecule has 2 rings (SSSR count). The number of hydrogen-bond donors (Lipinski definition) is 1. The number of rotatable bonds is 3. The number of hydrogen-bond acceptors (Lipinski definition) is 3. The van der Waals surface area contributed by atoms with Crippen LogP contribution in [0.3, 0.4) is 0 Å². The Morgan fingerprint density at radius 3 is 2.10 bits per heavy atom. The zero-order valence-corrected chi connectivity index (χ0v) is 13.5. The van der Waals surface area contributed by atoms with E-state index in [4.69, 9.17) is 5.73 Å². The third-order valence-electron chi connectivity index (χ3n) is 3.50. The second-order valence-electron chi connectivity index (χ2n) is 5.30. The van der Waals surface area contributed by atoms with Crippen LogP contribution >= 0.6 is 0 Å². The van der Waals surface area contributed by atoms with E-state index < -0.39 is 10.0 Å². The number of sulfonamides is 1. The van der Waals surface area contributed by atoms with E-state index >= 15 is 0 Å². The molecule has 0 aliphatic heterocycles. The maximum atomic E-state index is 12.7. The minimum absolute atomic E-state index is 0.135. The van der Waals surface area contributed by atoms with Gasteiger partial charge in [0.1, 0.15) is 4.90 Å². The number of nitrogens with zero attached hydrogens (tertiary/aromatic N) is 1. The van der Waals surface area contributed by atoms with Crippen LogP contribution in [0.1, 0.15) is 16.7 Å². The van der Waals surface area contributed by atoms with Crippen LogP contribution in [-0.4, -0.2) is 15.5 Å². The molecule has 0 aromatic heterocycles. The van der Waals surface area contributed by atoms with E-state index in [0.29, 0.717) is 5.69 Å². The van der Waals surface area contributed by atoms with Gasteiger partial charge in [-0.25, -0.2) is 8.42 Å². The zero-order chi connectivity index (χ0) is 15.8. The molecule has 0 heterocycles. The smallest absolute Gasteiger partial charge is 0.266 e. The minimum atomic E-state index is -3.67. The molecule has 0 fully saturated rings. The Labute approximate surface area is 126 Å². The second-order valence-corrected chi connectivity index (χ2v) is 7.24. The lowest BCUT2D eigenvalue weighted by atomic mass is 10.1. The molecule has 0 aliphatic rings. The zero-order valence-electron chi connectivity index (χ0n) is 12.7. The third-order valence-corrected chi connectivity index (χ3v) is 5.34. The number of anilines is 2. The van der Waals surface area contributed by atoms with Crippen molar-refractivity contribution < 1.29 is 8.42 Å². The molecular formula is C16H20N2O2S. The highest BCUT2D eigenvalue weighted by Gasteiger charge is 2.24. The highest BCUT2D eigenvalue weighted by atomic mass is 32.2. The maximum absolute atomic E-state index is 12.7. The van der Waals surface area contributed by atoms with E-state index in [2.05, 4.69) is 0 Å². The van der Waals surface area contributed by atoms with Gasteiger partial charge in [-0.1, -0.05) is 23.8 Å². The molecular weight excluding hydrogens is 284 g/mol. The summed E-state index contributed by atoms with van der Waals surface area (Å²) in [7, 11) is -2.12. The van der Waals surface area contributed by atoms with Crippen LogP contribution in [0.4, 0.5) is 11.4 Å². The van der Waals surface area contributed by atoms with Gasteiger partial charge in [-0.15, -0.1) is 0 Å². The Balaban J connectivity index is 2.52. The van der Waals surface area contributed by atoms with Crippen molar-refractivity contribution in [2.45, 2.75) is 25.7 Å². The molecule has 112 valence electrons. The molecule has 2 aromatic carbocycles. The van der Waals surface area contributed by atoms with Crippen molar-refractivity contribution >= 4 is 21.4 Å². The molecule has 0 spiro atoms. The van der Waals surface area contributed by atoms with Crippen molar-refractivity contribution in [2.24, 2.45) is 0 Å². The highest BCUT2D eigenvalue weighted by molar-refractivity contribution is 7.93. The van der Waals surface area contributed by atoms with Crippen molar-refractivity contribution in [3.8, 4) is 0 Å². The number of nitrogens with two attached hydrogens (primary N) is 1. The average molecular weight is 304 g/mol. The second kappa shape index (κ2) is 5.41. The van der Waals surface area contributed by atoms with Crippen molar-refractivity contribution in [1.82, 2.24) is 0 Å². The van der Waals surface area contributed by atoms with Gasteiger partial charge in [-0.3, -0.25) is 4.31 Å². The van der Waals surface area contributed by atoms with Crippen LogP contribution < -0.4 is 10.0 Å². The van der Waals surface area contributed by atoms with Gasteiger partial charge in [0.25, 0.3) is 10.0 Å². The summed E-state index contributed by atoms with van der Waals surface area (Å²) in [6, 6.07) is 10.6. The first-order valence-electron chi connectivity index (χ1n) is 6.66. The molecule has 0 bridgehead atoms. The van der Waals surface area contributed by atoms with Crippen molar-refractivity contribution in [3.63, 3.8) is 0 Å². The first-order valence-corrected chi connectivity index (χ1v) is 8.10. The Morgan fingerprint density at radius 2 is 1.52 bits per heavy atom. The molecule has 0 atom stereocenters. The molecule has 2 aromatic rings. The molecule has 0 aliphatic carbocycles. The molecule has 0 saturated carbocycles. The van der Waals surface area contributed by atoms with E-state index in [9.17, 15) is 8.42 Å². The van der Waals surface area contributed by atoms with E-state index in [1.165, 1.54) is 4.31 Å². The van der Waals surface area contributed by atoms with E-state index in [1.807, 2.05) is 39.0 Å². The number of nitrogen functional groups attached to an aromatic ring is 1. The lowest BCUT2D eigenvalue weighted by Gasteiger charge is -2.22. The molecule has 21 heavy (non-hydrogen) atoms. The van der Waals surface area contributed by atoms with Gasteiger partial charge in [-0.2, -0.15) is 0 Å². The first kappa shape index (κ1) is 15.4. The Kier molecular flexibility index (Phi) is 3.96. The van der Waals surface area contributed by atoms with Crippen molar-refractivity contribution in [2.75, 3.05) is 17.1 Å². The Hall–Kier alpha value is -2.01.